The van der Waals surface area contributed by atoms with Crippen molar-refractivity contribution in [3.63, 3.8) is 0 Å². The third kappa shape index (κ3) is 4.30. The molecule has 0 spiro atoms. The summed E-state index contributed by atoms with van der Waals surface area (Å²) in [5, 5.41) is 29.7. The van der Waals surface area contributed by atoms with E-state index in [0.717, 1.165) is 44.6 Å². The van der Waals surface area contributed by atoms with Crippen molar-refractivity contribution in [2.45, 2.75) is 46.0 Å². The Balaban J connectivity index is 1.47. The second-order valence-electron chi connectivity index (χ2n) is 10.7. The molecule has 0 radical (unpaired) electrons. The minimum atomic E-state index is -0.0661. The molecule has 0 atom stereocenters. The highest BCUT2D eigenvalue weighted by atomic mass is 16.3. The Labute approximate surface area is 221 Å². The van der Waals surface area contributed by atoms with Gasteiger partial charge in [0.25, 0.3) is 0 Å². The molecule has 1 N–H and O–H groups in total. The molecule has 0 amide bonds. The van der Waals surface area contributed by atoms with Gasteiger partial charge in [-0.25, -0.2) is 0 Å². The molecule has 0 saturated carbocycles. The van der Waals surface area contributed by atoms with Gasteiger partial charge in [-0.05, 0) is 83.0 Å². The van der Waals surface area contributed by atoms with E-state index in [4.69, 9.17) is 10.2 Å². The van der Waals surface area contributed by atoms with Crippen LogP contribution in [-0.2, 0) is 18.3 Å². The molecular weight excluding hydrogens is 472 g/mol. The lowest BCUT2D eigenvalue weighted by atomic mass is 9.81. The quantitative estimate of drug-likeness (QED) is 0.299. The van der Waals surface area contributed by atoms with Gasteiger partial charge in [-0.15, -0.1) is 20.4 Å². The molecule has 0 unspecified atom stereocenters. The number of aromatic hydroxyl groups is 1. The van der Waals surface area contributed by atoms with Crippen LogP contribution in [-0.4, -0.2) is 35.1 Å². The van der Waals surface area contributed by atoms with Crippen molar-refractivity contribution in [1.29, 1.82) is 0 Å². The number of hydrogen-bond acceptors (Lipinski definition) is 5. The van der Waals surface area contributed by atoms with E-state index >= 15 is 0 Å². The number of fused-ring (bicyclic) bond motifs is 2. The van der Waals surface area contributed by atoms with Crippen molar-refractivity contribution in [3.8, 4) is 17.1 Å². The van der Waals surface area contributed by atoms with Crippen molar-refractivity contribution >= 4 is 22.1 Å². The van der Waals surface area contributed by atoms with Crippen LogP contribution < -0.4 is 0 Å². The summed E-state index contributed by atoms with van der Waals surface area (Å²) in [5.41, 5.74) is 9.31. The van der Waals surface area contributed by atoms with Gasteiger partial charge in [0.15, 0.2) is 0 Å². The Hall–Kier alpha value is -4.52. The van der Waals surface area contributed by atoms with Gasteiger partial charge in [0.1, 0.15) is 27.8 Å². The van der Waals surface area contributed by atoms with Crippen molar-refractivity contribution in [2.24, 2.45) is 0 Å². The first-order valence-corrected chi connectivity index (χ1v) is 12.9. The summed E-state index contributed by atoms with van der Waals surface area (Å²) >= 11 is 0. The van der Waals surface area contributed by atoms with E-state index < -0.39 is 0 Å². The van der Waals surface area contributed by atoms with E-state index in [1.807, 2.05) is 48.5 Å². The second-order valence-corrected chi connectivity index (χ2v) is 10.7. The lowest BCUT2D eigenvalue weighted by Crippen LogP contribution is -2.16. The number of benzene rings is 4. The van der Waals surface area contributed by atoms with E-state index in [2.05, 4.69) is 62.2 Å². The number of hydrogen-bond donors (Lipinski definition) is 1. The Bertz CT molecular complexity index is 1720. The minimum absolute atomic E-state index is 0.0661. The number of rotatable bonds is 5. The summed E-state index contributed by atoms with van der Waals surface area (Å²) in [4.78, 5) is 3.31. The van der Waals surface area contributed by atoms with Crippen molar-refractivity contribution in [3.05, 3.63) is 101 Å². The monoisotopic (exact) mass is 502 g/mol. The van der Waals surface area contributed by atoms with E-state index in [0.29, 0.717) is 12.8 Å². The van der Waals surface area contributed by atoms with E-state index in [1.165, 1.54) is 11.1 Å². The number of phenolic OH excluding ortho intramolecular Hbond substituents is 1. The molecule has 38 heavy (non-hydrogen) atoms. The van der Waals surface area contributed by atoms with Crippen LogP contribution in [0.15, 0.2) is 78.9 Å². The summed E-state index contributed by atoms with van der Waals surface area (Å²) in [5.74, 6) is 0.259. The molecule has 0 aliphatic rings. The van der Waals surface area contributed by atoms with Crippen LogP contribution in [0, 0.1) is 0 Å². The highest BCUT2D eigenvalue weighted by Crippen LogP contribution is 2.33. The third-order valence-electron chi connectivity index (χ3n) is 6.97. The van der Waals surface area contributed by atoms with Crippen molar-refractivity contribution < 1.29 is 5.11 Å². The maximum Gasteiger partial charge on any atom is 0.121 e. The summed E-state index contributed by atoms with van der Waals surface area (Å²) in [6.45, 7) is 8.73. The zero-order valence-corrected chi connectivity index (χ0v) is 22.1. The molecule has 7 nitrogen and oxygen atoms in total. The van der Waals surface area contributed by atoms with Crippen LogP contribution >= 0.6 is 0 Å². The molecule has 2 aromatic heterocycles. The predicted molar refractivity (Wildman–Crippen MR) is 150 cm³/mol. The van der Waals surface area contributed by atoms with E-state index in [1.54, 1.807) is 15.7 Å². The van der Waals surface area contributed by atoms with Gasteiger partial charge in [-0.1, -0.05) is 58.0 Å². The Morgan fingerprint density at radius 3 is 1.66 bits per heavy atom. The standard InChI is InChI=1S/C31H30N6O/c1-5-24-20(17-23(19-30(24)38)37-34-28-12-8-9-13-29(28)35-37)16-21-18-22(14-15-25(21)31(2,3)4)36-32-26-10-6-7-11-27(26)33-36/h6-15,17-19,38H,5,16H2,1-4H3. The molecule has 6 aromatic rings. The maximum atomic E-state index is 11.0. The van der Waals surface area contributed by atoms with Gasteiger partial charge >= 0.3 is 0 Å². The molecule has 0 bridgehead atoms. The van der Waals surface area contributed by atoms with Gasteiger partial charge < -0.3 is 5.11 Å². The van der Waals surface area contributed by atoms with Crippen LogP contribution in [0.4, 0.5) is 0 Å². The Kier molecular flexibility index (Phi) is 5.71. The molecule has 0 aliphatic heterocycles. The minimum Gasteiger partial charge on any atom is -0.508 e. The van der Waals surface area contributed by atoms with Gasteiger partial charge in [-0.2, -0.15) is 9.59 Å². The molecule has 7 heteroatoms. The largest absolute Gasteiger partial charge is 0.508 e. The highest BCUT2D eigenvalue weighted by Gasteiger charge is 2.21. The van der Waals surface area contributed by atoms with Crippen LogP contribution in [0.25, 0.3) is 33.4 Å². The number of nitrogens with zero attached hydrogens (tertiary/aromatic N) is 6. The van der Waals surface area contributed by atoms with Crippen LogP contribution in [0.3, 0.4) is 0 Å². The Morgan fingerprint density at radius 2 is 1.16 bits per heavy atom. The number of aromatic nitrogens is 6. The molecule has 2 heterocycles. The van der Waals surface area contributed by atoms with E-state index in [9.17, 15) is 5.11 Å². The lowest BCUT2D eigenvalue weighted by molar-refractivity contribution is 0.467. The van der Waals surface area contributed by atoms with Crippen LogP contribution in [0.2, 0.25) is 0 Å². The second kappa shape index (κ2) is 9.10. The van der Waals surface area contributed by atoms with Gasteiger partial charge in [0.2, 0.25) is 0 Å². The summed E-state index contributed by atoms with van der Waals surface area (Å²) in [7, 11) is 0. The van der Waals surface area contributed by atoms with Crippen molar-refractivity contribution in [2.75, 3.05) is 0 Å². The smallest absolute Gasteiger partial charge is 0.121 e. The average molecular weight is 503 g/mol. The molecular formula is C31H30N6O. The van der Waals surface area contributed by atoms with Crippen LogP contribution in [0.1, 0.15) is 49.9 Å². The maximum absolute atomic E-state index is 11.0. The summed E-state index contributed by atoms with van der Waals surface area (Å²) < 4.78 is 0. The van der Waals surface area contributed by atoms with Crippen molar-refractivity contribution in [1.82, 2.24) is 30.0 Å². The first kappa shape index (κ1) is 23.9. The third-order valence-corrected chi connectivity index (χ3v) is 6.97. The van der Waals surface area contributed by atoms with Gasteiger partial charge in [0.05, 0.1) is 11.4 Å². The average Bonchev–Trinajstić information content (AvgIpc) is 3.52. The SMILES string of the molecule is CCc1c(O)cc(-n2nc3ccccc3n2)cc1Cc1cc(-n2nc3ccccc3n2)ccc1C(C)(C)C. The fourth-order valence-corrected chi connectivity index (χ4v) is 5.12. The molecule has 0 saturated heterocycles. The van der Waals surface area contributed by atoms with Gasteiger partial charge in [0, 0.05) is 6.07 Å². The molecule has 4 aromatic carbocycles. The Morgan fingerprint density at radius 1 is 0.658 bits per heavy atom. The summed E-state index contributed by atoms with van der Waals surface area (Å²) in [6.07, 6.45) is 1.36. The zero-order chi connectivity index (χ0) is 26.4. The highest BCUT2D eigenvalue weighted by molar-refractivity contribution is 5.74. The van der Waals surface area contributed by atoms with E-state index in [-0.39, 0.29) is 11.2 Å². The topological polar surface area (TPSA) is 81.6 Å². The van der Waals surface area contributed by atoms with Crippen LogP contribution in [0.5, 0.6) is 5.75 Å². The lowest BCUT2D eigenvalue weighted by Gasteiger charge is -2.24. The zero-order valence-electron chi connectivity index (χ0n) is 22.1. The number of phenols is 1. The summed E-state index contributed by atoms with van der Waals surface area (Å²) in [6, 6.07) is 25.9. The fourth-order valence-electron chi connectivity index (χ4n) is 5.12. The predicted octanol–water partition coefficient (Wildman–Crippen LogP) is 6.31. The normalized spacial score (nSPS) is 12.0. The molecule has 0 fully saturated rings. The molecule has 0 aliphatic carbocycles. The first-order chi connectivity index (χ1) is 18.3. The first-order valence-electron chi connectivity index (χ1n) is 12.9. The molecule has 6 rings (SSSR count). The molecule has 190 valence electrons. The van der Waals surface area contributed by atoms with Gasteiger partial charge in [-0.3, -0.25) is 0 Å². The fraction of sp³-hybridized carbons (Fsp3) is 0.226.